The summed E-state index contributed by atoms with van der Waals surface area (Å²) in [6, 6.07) is 6.90. The van der Waals surface area contributed by atoms with Crippen molar-refractivity contribution in [2.75, 3.05) is 13.2 Å². The Bertz CT molecular complexity index is 391. The zero-order chi connectivity index (χ0) is 14.3. The highest BCUT2D eigenvalue weighted by Crippen LogP contribution is 2.21. The lowest BCUT2D eigenvalue weighted by atomic mass is 10.00. The van der Waals surface area contributed by atoms with Crippen LogP contribution in [0, 0.1) is 0 Å². The lowest BCUT2D eigenvalue weighted by molar-refractivity contribution is -0.136. The summed E-state index contributed by atoms with van der Waals surface area (Å²) in [5.41, 5.74) is 0.744. The third-order valence-corrected chi connectivity index (χ3v) is 2.87. The molecular weight excluding hydrogens is 246 g/mol. The van der Waals surface area contributed by atoms with Crippen molar-refractivity contribution in [1.82, 2.24) is 5.32 Å². The maximum absolute atomic E-state index is 10.5. The van der Waals surface area contributed by atoms with Crippen molar-refractivity contribution < 1.29 is 19.7 Å². The molecule has 3 N–H and O–H groups in total. The topological polar surface area (TPSA) is 78.8 Å². The molecular formula is C14H21NO4. The molecule has 0 saturated carbocycles. The van der Waals surface area contributed by atoms with E-state index in [1.807, 2.05) is 13.8 Å². The van der Waals surface area contributed by atoms with Gasteiger partial charge in [0.15, 0.2) is 0 Å². The molecule has 0 heterocycles. The molecule has 0 bridgehead atoms. The van der Waals surface area contributed by atoms with E-state index in [4.69, 9.17) is 9.84 Å². The van der Waals surface area contributed by atoms with Crippen LogP contribution in [0.4, 0.5) is 0 Å². The van der Waals surface area contributed by atoms with E-state index >= 15 is 0 Å². The van der Waals surface area contributed by atoms with Gasteiger partial charge in [0.05, 0.1) is 19.3 Å². The molecule has 19 heavy (non-hydrogen) atoms. The molecule has 2 atom stereocenters. The van der Waals surface area contributed by atoms with Crippen LogP contribution in [0.15, 0.2) is 24.3 Å². The fourth-order valence-corrected chi connectivity index (χ4v) is 1.86. The Balaban J connectivity index is 2.67. The van der Waals surface area contributed by atoms with Gasteiger partial charge in [0.1, 0.15) is 5.75 Å². The van der Waals surface area contributed by atoms with Crippen molar-refractivity contribution in [2.45, 2.75) is 32.4 Å². The van der Waals surface area contributed by atoms with Crippen LogP contribution in [-0.2, 0) is 4.79 Å². The SMILES string of the molecule is CCOc1ccc(C(O)C(CC)NCC(=O)O)cc1. The van der Waals surface area contributed by atoms with Crippen LogP contribution in [0.3, 0.4) is 0 Å². The number of hydrogen-bond acceptors (Lipinski definition) is 4. The van der Waals surface area contributed by atoms with Gasteiger partial charge in [0.2, 0.25) is 0 Å². The van der Waals surface area contributed by atoms with E-state index in [0.29, 0.717) is 13.0 Å². The molecule has 0 aliphatic rings. The van der Waals surface area contributed by atoms with E-state index in [9.17, 15) is 9.90 Å². The second kappa shape index (κ2) is 7.76. The van der Waals surface area contributed by atoms with Gasteiger partial charge >= 0.3 is 5.97 Å². The molecule has 0 saturated heterocycles. The zero-order valence-electron chi connectivity index (χ0n) is 11.3. The van der Waals surface area contributed by atoms with E-state index in [-0.39, 0.29) is 12.6 Å². The third kappa shape index (κ3) is 4.89. The van der Waals surface area contributed by atoms with E-state index in [2.05, 4.69) is 5.32 Å². The van der Waals surface area contributed by atoms with Crippen LogP contribution in [0.5, 0.6) is 5.75 Å². The van der Waals surface area contributed by atoms with Gasteiger partial charge in [0, 0.05) is 6.04 Å². The number of benzene rings is 1. The molecule has 0 spiro atoms. The molecule has 106 valence electrons. The lowest BCUT2D eigenvalue weighted by Gasteiger charge is -2.22. The fraction of sp³-hybridized carbons (Fsp3) is 0.500. The first kappa shape index (κ1) is 15.5. The number of hydrogen-bond donors (Lipinski definition) is 3. The Hall–Kier alpha value is -1.59. The summed E-state index contributed by atoms with van der Waals surface area (Å²) >= 11 is 0. The van der Waals surface area contributed by atoms with Crippen LogP contribution in [0.25, 0.3) is 0 Å². The lowest BCUT2D eigenvalue weighted by Crippen LogP contribution is -2.37. The van der Waals surface area contributed by atoms with Crippen molar-refractivity contribution in [3.8, 4) is 5.75 Å². The van der Waals surface area contributed by atoms with Crippen LogP contribution < -0.4 is 10.1 Å². The average molecular weight is 267 g/mol. The highest BCUT2D eigenvalue weighted by Gasteiger charge is 2.19. The van der Waals surface area contributed by atoms with Gasteiger partial charge < -0.3 is 20.3 Å². The highest BCUT2D eigenvalue weighted by molar-refractivity contribution is 5.69. The molecule has 0 aliphatic heterocycles. The van der Waals surface area contributed by atoms with Crippen molar-refractivity contribution in [3.05, 3.63) is 29.8 Å². The van der Waals surface area contributed by atoms with Gasteiger partial charge in [-0.15, -0.1) is 0 Å². The van der Waals surface area contributed by atoms with E-state index in [0.717, 1.165) is 11.3 Å². The minimum absolute atomic E-state index is 0.160. The maximum atomic E-state index is 10.5. The Kier molecular flexibility index (Phi) is 6.32. The molecule has 1 rings (SSSR count). The predicted molar refractivity (Wildman–Crippen MR) is 72.3 cm³/mol. The van der Waals surface area contributed by atoms with E-state index in [1.54, 1.807) is 24.3 Å². The van der Waals surface area contributed by atoms with Gasteiger partial charge in [-0.25, -0.2) is 0 Å². The van der Waals surface area contributed by atoms with Gasteiger partial charge in [-0.1, -0.05) is 19.1 Å². The molecule has 5 nitrogen and oxygen atoms in total. The minimum Gasteiger partial charge on any atom is -0.494 e. The van der Waals surface area contributed by atoms with E-state index in [1.165, 1.54) is 0 Å². The van der Waals surface area contributed by atoms with E-state index < -0.39 is 12.1 Å². The second-order valence-corrected chi connectivity index (χ2v) is 4.24. The molecule has 0 aromatic heterocycles. The number of aliphatic carboxylic acids is 1. The molecule has 2 unspecified atom stereocenters. The minimum atomic E-state index is -0.933. The van der Waals surface area contributed by atoms with Gasteiger partial charge in [-0.05, 0) is 31.0 Å². The number of carboxylic acid groups (broad SMARTS) is 1. The average Bonchev–Trinajstić information content (AvgIpc) is 2.40. The summed E-state index contributed by atoms with van der Waals surface area (Å²) in [5, 5.41) is 21.7. The Morgan fingerprint density at radius 3 is 2.42 bits per heavy atom. The largest absolute Gasteiger partial charge is 0.494 e. The standard InChI is InChI=1S/C14H21NO4/c1-3-12(15-9-13(16)17)14(18)10-5-7-11(8-6-10)19-4-2/h5-8,12,14-15,18H,3-4,9H2,1-2H3,(H,16,17). The van der Waals surface area contributed by atoms with Crippen molar-refractivity contribution in [1.29, 1.82) is 0 Å². The number of aliphatic hydroxyl groups is 1. The molecule has 5 heteroatoms. The summed E-state index contributed by atoms with van der Waals surface area (Å²) in [7, 11) is 0. The normalized spacial score (nSPS) is 13.8. The Labute approximate surface area is 113 Å². The summed E-state index contributed by atoms with van der Waals surface area (Å²) in [6.45, 7) is 4.25. The van der Waals surface area contributed by atoms with Gasteiger partial charge in [-0.3, -0.25) is 4.79 Å². The first-order valence-corrected chi connectivity index (χ1v) is 6.44. The van der Waals surface area contributed by atoms with Crippen molar-refractivity contribution >= 4 is 5.97 Å². The van der Waals surface area contributed by atoms with Gasteiger partial charge in [-0.2, -0.15) is 0 Å². The highest BCUT2D eigenvalue weighted by atomic mass is 16.5. The number of rotatable bonds is 8. The summed E-state index contributed by atoms with van der Waals surface area (Å²) in [4.78, 5) is 10.5. The van der Waals surface area contributed by atoms with Gasteiger partial charge in [0.25, 0.3) is 0 Å². The molecule has 0 aliphatic carbocycles. The maximum Gasteiger partial charge on any atom is 0.317 e. The molecule has 0 radical (unpaired) electrons. The van der Waals surface area contributed by atoms with Crippen LogP contribution in [0.2, 0.25) is 0 Å². The van der Waals surface area contributed by atoms with Crippen LogP contribution >= 0.6 is 0 Å². The first-order chi connectivity index (χ1) is 9.08. The third-order valence-electron chi connectivity index (χ3n) is 2.87. The molecule has 1 aromatic rings. The molecule has 1 aromatic carbocycles. The number of aliphatic hydroxyl groups excluding tert-OH is 1. The van der Waals surface area contributed by atoms with Crippen molar-refractivity contribution in [3.63, 3.8) is 0 Å². The van der Waals surface area contributed by atoms with Crippen molar-refractivity contribution in [2.24, 2.45) is 0 Å². The smallest absolute Gasteiger partial charge is 0.317 e. The summed E-state index contributed by atoms with van der Waals surface area (Å²) in [6.07, 6.45) is -0.0956. The number of nitrogens with one attached hydrogen (secondary N) is 1. The number of carbonyl (C=O) groups is 1. The number of carboxylic acids is 1. The zero-order valence-corrected chi connectivity index (χ0v) is 11.3. The Morgan fingerprint density at radius 1 is 1.32 bits per heavy atom. The molecule has 0 fully saturated rings. The van der Waals surface area contributed by atoms with Crippen LogP contribution in [-0.4, -0.2) is 35.4 Å². The van der Waals surface area contributed by atoms with Crippen LogP contribution in [0.1, 0.15) is 31.9 Å². The monoisotopic (exact) mass is 267 g/mol. The predicted octanol–water partition coefficient (Wildman–Crippen LogP) is 1.57. The summed E-state index contributed by atoms with van der Waals surface area (Å²) in [5.74, 6) is -0.178. The Morgan fingerprint density at radius 2 is 1.95 bits per heavy atom. The fourth-order valence-electron chi connectivity index (χ4n) is 1.86. The quantitative estimate of drug-likeness (QED) is 0.666. The second-order valence-electron chi connectivity index (χ2n) is 4.24. The number of ether oxygens (including phenoxy) is 1. The first-order valence-electron chi connectivity index (χ1n) is 6.44. The summed E-state index contributed by atoms with van der Waals surface area (Å²) < 4.78 is 5.33. The molecule has 0 amide bonds.